The molecule has 20 heavy (non-hydrogen) atoms. The van der Waals surface area contributed by atoms with Gasteiger partial charge in [0.2, 0.25) is 0 Å². The number of nitriles is 1. The molecule has 1 saturated carbocycles. The van der Waals surface area contributed by atoms with Crippen LogP contribution >= 0.6 is 0 Å². The van der Waals surface area contributed by atoms with E-state index >= 15 is 0 Å². The Labute approximate surface area is 125 Å². The molecule has 3 heteroatoms. The first-order chi connectivity index (χ1) is 9.50. The molecule has 0 heterocycles. The van der Waals surface area contributed by atoms with Crippen molar-refractivity contribution in [2.45, 2.75) is 65.8 Å². The lowest BCUT2D eigenvalue weighted by Crippen LogP contribution is -2.46. The molecular weight excluding hydrogens is 248 g/mol. The summed E-state index contributed by atoms with van der Waals surface area (Å²) in [6.07, 6.45) is 5.37. The molecule has 1 aliphatic rings. The number of nitrogens with zero attached hydrogens (tertiary/aromatic N) is 2. The summed E-state index contributed by atoms with van der Waals surface area (Å²) in [7, 11) is 0. The van der Waals surface area contributed by atoms with E-state index in [9.17, 15) is 5.26 Å². The Hall–Kier alpha value is -0.590. The number of aliphatic hydroxyl groups is 1. The van der Waals surface area contributed by atoms with Gasteiger partial charge in [0.15, 0.2) is 0 Å². The second kappa shape index (κ2) is 8.00. The molecule has 3 nitrogen and oxygen atoms in total. The van der Waals surface area contributed by atoms with Gasteiger partial charge in [-0.2, -0.15) is 5.26 Å². The second-order valence-electron chi connectivity index (χ2n) is 6.86. The number of aliphatic hydroxyl groups excluding tert-OH is 1. The summed E-state index contributed by atoms with van der Waals surface area (Å²) in [5.41, 5.74) is 0.370. The van der Waals surface area contributed by atoms with Crippen LogP contribution in [0.2, 0.25) is 0 Å². The second-order valence-corrected chi connectivity index (χ2v) is 6.86. The highest BCUT2D eigenvalue weighted by molar-refractivity contribution is 4.99. The van der Waals surface area contributed by atoms with Crippen LogP contribution < -0.4 is 0 Å². The third kappa shape index (κ3) is 4.20. The number of rotatable bonds is 7. The van der Waals surface area contributed by atoms with Crippen molar-refractivity contribution >= 4 is 0 Å². The van der Waals surface area contributed by atoms with Crippen molar-refractivity contribution in [2.24, 2.45) is 17.3 Å². The molecule has 3 atom stereocenters. The number of hydrogen-bond donors (Lipinski definition) is 1. The normalized spacial score (nSPS) is 27.6. The van der Waals surface area contributed by atoms with Gasteiger partial charge in [0.1, 0.15) is 0 Å². The third-order valence-electron chi connectivity index (χ3n) is 5.48. The monoisotopic (exact) mass is 280 g/mol. The molecule has 0 aliphatic heterocycles. The van der Waals surface area contributed by atoms with Crippen molar-refractivity contribution in [3.63, 3.8) is 0 Å². The van der Waals surface area contributed by atoms with E-state index in [4.69, 9.17) is 5.11 Å². The zero-order valence-corrected chi connectivity index (χ0v) is 13.7. The zero-order valence-electron chi connectivity index (χ0n) is 13.7. The van der Waals surface area contributed by atoms with Crippen LogP contribution in [0.4, 0.5) is 0 Å². The number of hydrogen-bond acceptors (Lipinski definition) is 3. The molecule has 0 saturated heterocycles. The minimum Gasteiger partial charge on any atom is -0.396 e. The fraction of sp³-hybridized carbons (Fsp3) is 0.941. The van der Waals surface area contributed by atoms with E-state index in [1.807, 2.05) is 0 Å². The fourth-order valence-electron chi connectivity index (χ4n) is 3.53. The molecule has 0 aromatic rings. The van der Waals surface area contributed by atoms with Crippen LogP contribution in [0.3, 0.4) is 0 Å². The quantitative estimate of drug-likeness (QED) is 0.777. The third-order valence-corrected chi connectivity index (χ3v) is 5.48. The predicted octanol–water partition coefficient (Wildman–Crippen LogP) is 3.44. The fourth-order valence-corrected chi connectivity index (χ4v) is 3.53. The van der Waals surface area contributed by atoms with Crippen molar-refractivity contribution in [1.29, 1.82) is 5.26 Å². The van der Waals surface area contributed by atoms with Crippen LogP contribution in [0.1, 0.15) is 59.8 Å². The van der Waals surface area contributed by atoms with Crippen molar-refractivity contribution in [2.75, 3.05) is 19.7 Å². The molecule has 3 unspecified atom stereocenters. The van der Waals surface area contributed by atoms with Crippen molar-refractivity contribution in [1.82, 2.24) is 4.90 Å². The Balaban J connectivity index is 2.79. The van der Waals surface area contributed by atoms with Gasteiger partial charge in [-0.25, -0.2) is 0 Å². The average molecular weight is 280 g/mol. The summed E-state index contributed by atoms with van der Waals surface area (Å²) in [6, 6.07) is 2.91. The smallest absolute Gasteiger partial charge is 0.0672 e. The molecule has 0 bridgehead atoms. The van der Waals surface area contributed by atoms with Crippen LogP contribution in [0.5, 0.6) is 0 Å². The maximum atomic E-state index is 9.45. The van der Waals surface area contributed by atoms with Crippen LogP contribution in [0.15, 0.2) is 0 Å². The minimum atomic E-state index is 0.164. The van der Waals surface area contributed by atoms with Gasteiger partial charge >= 0.3 is 0 Å². The highest BCUT2D eigenvalue weighted by Crippen LogP contribution is 2.43. The summed E-state index contributed by atoms with van der Waals surface area (Å²) in [5.74, 6) is 0.878. The van der Waals surface area contributed by atoms with Crippen molar-refractivity contribution in [3.8, 4) is 6.07 Å². The Kier molecular flexibility index (Phi) is 6.99. The first kappa shape index (κ1) is 17.5. The summed E-state index contributed by atoms with van der Waals surface area (Å²) in [6.45, 7) is 11.3. The SMILES string of the molecule is CCN(CCCO)C1CC(C(C)(C)CC)CCC1C#N. The van der Waals surface area contributed by atoms with Crippen LogP contribution in [0, 0.1) is 28.6 Å². The van der Waals surface area contributed by atoms with E-state index in [1.54, 1.807) is 0 Å². The zero-order chi connectivity index (χ0) is 15.2. The summed E-state index contributed by atoms with van der Waals surface area (Å²) in [4.78, 5) is 2.42. The minimum absolute atomic E-state index is 0.164. The van der Waals surface area contributed by atoms with E-state index in [0.717, 1.165) is 32.4 Å². The topological polar surface area (TPSA) is 47.3 Å². The molecular formula is C17H32N2O. The molecule has 0 aromatic heterocycles. The lowest BCUT2D eigenvalue weighted by atomic mass is 9.66. The maximum absolute atomic E-state index is 9.45. The molecule has 1 fully saturated rings. The van der Waals surface area contributed by atoms with Gasteiger partial charge in [-0.15, -0.1) is 0 Å². The maximum Gasteiger partial charge on any atom is 0.0672 e. The van der Waals surface area contributed by atoms with E-state index in [-0.39, 0.29) is 12.5 Å². The Morgan fingerprint density at radius 2 is 2.00 bits per heavy atom. The standard InChI is InChI=1S/C17H32N2O/c1-5-17(3,4)15-9-8-14(13-18)16(12-15)19(6-2)10-7-11-20/h14-16,20H,5-12H2,1-4H3. The van der Waals surface area contributed by atoms with E-state index in [0.29, 0.717) is 17.4 Å². The largest absolute Gasteiger partial charge is 0.396 e. The van der Waals surface area contributed by atoms with Crippen LogP contribution in [-0.4, -0.2) is 35.7 Å². The first-order valence-corrected chi connectivity index (χ1v) is 8.24. The van der Waals surface area contributed by atoms with Gasteiger partial charge in [-0.05, 0) is 43.6 Å². The molecule has 116 valence electrons. The average Bonchev–Trinajstić information content (AvgIpc) is 2.47. The highest BCUT2D eigenvalue weighted by atomic mass is 16.3. The summed E-state index contributed by atoms with van der Waals surface area (Å²) >= 11 is 0. The van der Waals surface area contributed by atoms with E-state index in [2.05, 4.69) is 38.7 Å². The van der Waals surface area contributed by atoms with E-state index < -0.39 is 0 Å². The van der Waals surface area contributed by atoms with Gasteiger partial charge in [-0.1, -0.05) is 34.1 Å². The molecule has 1 rings (SSSR count). The molecule has 0 amide bonds. The van der Waals surface area contributed by atoms with Gasteiger partial charge < -0.3 is 5.11 Å². The molecule has 0 radical (unpaired) electrons. The Morgan fingerprint density at radius 1 is 1.30 bits per heavy atom. The lowest BCUT2D eigenvalue weighted by Gasteiger charge is -2.45. The summed E-state index contributed by atoms with van der Waals surface area (Å²) in [5, 5.41) is 18.5. The van der Waals surface area contributed by atoms with Crippen LogP contribution in [0.25, 0.3) is 0 Å². The van der Waals surface area contributed by atoms with Crippen molar-refractivity contribution in [3.05, 3.63) is 0 Å². The molecule has 1 aliphatic carbocycles. The Morgan fingerprint density at radius 3 is 2.50 bits per heavy atom. The van der Waals surface area contributed by atoms with Gasteiger partial charge in [0.25, 0.3) is 0 Å². The van der Waals surface area contributed by atoms with Crippen LogP contribution in [-0.2, 0) is 0 Å². The van der Waals surface area contributed by atoms with Gasteiger partial charge in [0, 0.05) is 19.2 Å². The van der Waals surface area contributed by atoms with E-state index in [1.165, 1.54) is 12.8 Å². The summed E-state index contributed by atoms with van der Waals surface area (Å²) < 4.78 is 0. The predicted molar refractivity (Wildman–Crippen MR) is 83.3 cm³/mol. The molecule has 0 spiro atoms. The highest BCUT2D eigenvalue weighted by Gasteiger charge is 2.39. The molecule has 1 N–H and O–H groups in total. The molecule has 0 aromatic carbocycles. The van der Waals surface area contributed by atoms with Gasteiger partial charge in [-0.3, -0.25) is 4.90 Å². The lowest BCUT2D eigenvalue weighted by molar-refractivity contribution is 0.0510. The van der Waals surface area contributed by atoms with Crippen molar-refractivity contribution < 1.29 is 5.11 Å². The van der Waals surface area contributed by atoms with Gasteiger partial charge in [0.05, 0.1) is 12.0 Å². The Bertz CT molecular complexity index is 321. The first-order valence-electron chi connectivity index (χ1n) is 8.24.